The Balaban J connectivity index is 1.86. The third-order valence-electron chi connectivity index (χ3n) is 3.79. The molecule has 8 heteroatoms. The van der Waals surface area contributed by atoms with Gasteiger partial charge in [-0.25, -0.2) is 17.1 Å². The molecule has 0 saturated carbocycles. The second-order valence-corrected chi connectivity index (χ2v) is 9.15. The topological polar surface area (TPSA) is 49.9 Å². The number of hydrogen-bond donors (Lipinski definition) is 0. The minimum atomic E-state index is -3.44. The second-order valence-electron chi connectivity index (χ2n) is 6.08. The molecule has 0 bridgehead atoms. The number of rotatable bonds is 8. The van der Waals surface area contributed by atoms with Gasteiger partial charge in [0.2, 0.25) is 10.0 Å². The van der Waals surface area contributed by atoms with Crippen LogP contribution < -0.4 is 4.74 Å². The summed E-state index contributed by atoms with van der Waals surface area (Å²) in [6.45, 7) is 1.48. The number of sulfonamides is 1. The van der Waals surface area contributed by atoms with E-state index in [-0.39, 0.29) is 10.7 Å². The van der Waals surface area contributed by atoms with Gasteiger partial charge in [-0.1, -0.05) is 15.9 Å². The number of likely N-dealkylation sites (N-methyl/N-ethyl adjacent to an activating group) is 1. The van der Waals surface area contributed by atoms with Crippen molar-refractivity contribution in [1.29, 1.82) is 0 Å². The Labute approximate surface area is 162 Å². The van der Waals surface area contributed by atoms with E-state index in [0.29, 0.717) is 31.0 Å². The Bertz CT molecular complexity index is 842. The molecule has 142 valence electrons. The highest BCUT2D eigenvalue weighted by Crippen LogP contribution is 2.19. The Morgan fingerprint density at radius 3 is 2.35 bits per heavy atom. The summed E-state index contributed by atoms with van der Waals surface area (Å²) in [5, 5.41) is 0. The molecule has 0 atom stereocenters. The number of hydrogen-bond acceptors (Lipinski definition) is 4. The summed E-state index contributed by atoms with van der Waals surface area (Å²) in [6.07, 6.45) is 0. The van der Waals surface area contributed by atoms with Crippen molar-refractivity contribution in [3.8, 4) is 5.75 Å². The summed E-state index contributed by atoms with van der Waals surface area (Å²) in [7, 11) is 1.43. The van der Waals surface area contributed by atoms with Crippen LogP contribution >= 0.6 is 15.9 Å². The third-order valence-corrected chi connectivity index (χ3v) is 6.11. The lowest BCUT2D eigenvalue weighted by Gasteiger charge is -2.18. The SMILES string of the molecule is CN(CCOc1ccc(S(=O)(=O)N(C)C)cc1)Cc1cc(Br)ccc1F. The molecule has 2 rings (SSSR count). The highest BCUT2D eigenvalue weighted by molar-refractivity contribution is 9.10. The fourth-order valence-corrected chi connectivity index (χ4v) is 3.58. The lowest BCUT2D eigenvalue weighted by atomic mass is 10.2. The van der Waals surface area contributed by atoms with Crippen LogP contribution in [0.15, 0.2) is 51.8 Å². The largest absolute Gasteiger partial charge is 0.492 e. The first-order chi connectivity index (χ1) is 12.2. The molecule has 2 aromatic rings. The molecule has 0 unspecified atom stereocenters. The first kappa shape index (κ1) is 20.8. The molecule has 5 nitrogen and oxygen atoms in total. The highest BCUT2D eigenvalue weighted by Gasteiger charge is 2.16. The normalized spacial score (nSPS) is 12.0. The van der Waals surface area contributed by atoms with Gasteiger partial charge in [0.1, 0.15) is 18.2 Å². The van der Waals surface area contributed by atoms with Crippen molar-refractivity contribution in [2.45, 2.75) is 11.4 Å². The molecule has 0 spiro atoms. The summed E-state index contributed by atoms with van der Waals surface area (Å²) in [6, 6.07) is 11.2. The summed E-state index contributed by atoms with van der Waals surface area (Å²) >= 11 is 3.34. The van der Waals surface area contributed by atoms with E-state index in [4.69, 9.17) is 4.74 Å². The van der Waals surface area contributed by atoms with Gasteiger partial charge in [-0.05, 0) is 49.5 Å². The van der Waals surface area contributed by atoms with Gasteiger partial charge in [0.15, 0.2) is 0 Å². The van der Waals surface area contributed by atoms with Crippen LogP contribution in [0.3, 0.4) is 0 Å². The molecule has 26 heavy (non-hydrogen) atoms. The van der Waals surface area contributed by atoms with E-state index >= 15 is 0 Å². The quantitative estimate of drug-likeness (QED) is 0.626. The van der Waals surface area contributed by atoms with Gasteiger partial charge in [0, 0.05) is 37.2 Å². The number of benzene rings is 2. The molecule has 2 aromatic carbocycles. The van der Waals surface area contributed by atoms with Crippen LogP contribution in [0.4, 0.5) is 4.39 Å². The van der Waals surface area contributed by atoms with Crippen molar-refractivity contribution in [2.24, 2.45) is 0 Å². The van der Waals surface area contributed by atoms with Gasteiger partial charge in [-0.3, -0.25) is 4.90 Å². The average molecular weight is 445 g/mol. The minimum Gasteiger partial charge on any atom is -0.492 e. The van der Waals surface area contributed by atoms with Crippen molar-refractivity contribution >= 4 is 26.0 Å². The predicted octanol–water partition coefficient (Wildman–Crippen LogP) is 3.35. The van der Waals surface area contributed by atoms with Crippen LogP contribution in [0, 0.1) is 5.82 Å². The molecule has 0 amide bonds. The smallest absolute Gasteiger partial charge is 0.242 e. The van der Waals surface area contributed by atoms with Crippen LogP contribution in [-0.4, -0.2) is 51.9 Å². The molecule has 0 N–H and O–H groups in total. The molecule has 0 aliphatic carbocycles. The average Bonchev–Trinajstić information content (AvgIpc) is 2.58. The van der Waals surface area contributed by atoms with Crippen molar-refractivity contribution in [1.82, 2.24) is 9.21 Å². The lowest BCUT2D eigenvalue weighted by molar-refractivity contribution is 0.231. The first-order valence-electron chi connectivity index (χ1n) is 7.98. The van der Waals surface area contributed by atoms with Gasteiger partial charge in [0.25, 0.3) is 0 Å². The van der Waals surface area contributed by atoms with E-state index in [9.17, 15) is 12.8 Å². The molecule has 0 aliphatic heterocycles. The fourth-order valence-electron chi connectivity index (χ4n) is 2.27. The van der Waals surface area contributed by atoms with E-state index in [0.717, 1.165) is 4.47 Å². The Morgan fingerprint density at radius 2 is 1.73 bits per heavy atom. The van der Waals surface area contributed by atoms with Crippen LogP contribution in [0.1, 0.15) is 5.56 Å². The predicted molar refractivity (Wildman–Crippen MR) is 103 cm³/mol. The van der Waals surface area contributed by atoms with Crippen molar-refractivity contribution in [3.05, 3.63) is 58.3 Å². The van der Waals surface area contributed by atoms with Gasteiger partial charge < -0.3 is 4.74 Å². The van der Waals surface area contributed by atoms with Gasteiger partial charge in [-0.15, -0.1) is 0 Å². The molecule has 0 aromatic heterocycles. The Morgan fingerprint density at radius 1 is 1.08 bits per heavy atom. The van der Waals surface area contributed by atoms with E-state index in [2.05, 4.69) is 15.9 Å². The van der Waals surface area contributed by atoms with E-state index in [1.807, 2.05) is 11.9 Å². The van der Waals surface area contributed by atoms with E-state index in [1.165, 1.54) is 36.6 Å². The van der Waals surface area contributed by atoms with Crippen LogP contribution in [0.25, 0.3) is 0 Å². The van der Waals surface area contributed by atoms with Gasteiger partial charge >= 0.3 is 0 Å². The van der Waals surface area contributed by atoms with E-state index < -0.39 is 10.0 Å². The maximum Gasteiger partial charge on any atom is 0.242 e. The molecular formula is C18H22BrFN2O3S. The standard InChI is InChI=1S/C18H22BrFN2O3S/c1-21(2)26(23,24)17-7-5-16(6-8-17)25-11-10-22(3)13-14-12-15(19)4-9-18(14)20/h4-9,12H,10-11,13H2,1-3H3. The zero-order valence-electron chi connectivity index (χ0n) is 14.9. The molecular weight excluding hydrogens is 423 g/mol. The molecule has 0 radical (unpaired) electrons. The molecule has 0 heterocycles. The zero-order chi connectivity index (χ0) is 19.3. The zero-order valence-corrected chi connectivity index (χ0v) is 17.3. The first-order valence-corrected chi connectivity index (χ1v) is 10.2. The van der Waals surface area contributed by atoms with Gasteiger partial charge in [0.05, 0.1) is 4.90 Å². The Hall–Kier alpha value is -1.48. The van der Waals surface area contributed by atoms with Crippen molar-refractivity contribution in [3.63, 3.8) is 0 Å². The monoisotopic (exact) mass is 444 g/mol. The molecule has 0 aliphatic rings. The van der Waals surface area contributed by atoms with E-state index in [1.54, 1.807) is 24.3 Å². The van der Waals surface area contributed by atoms with Crippen LogP contribution in [0.5, 0.6) is 5.75 Å². The van der Waals surface area contributed by atoms with Crippen molar-refractivity contribution in [2.75, 3.05) is 34.3 Å². The summed E-state index contributed by atoms with van der Waals surface area (Å²) in [5.41, 5.74) is 0.611. The minimum absolute atomic E-state index is 0.220. The maximum absolute atomic E-state index is 13.8. The molecule has 0 saturated heterocycles. The summed E-state index contributed by atoms with van der Waals surface area (Å²) in [4.78, 5) is 2.17. The maximum atomic E-state index is 13.8. The third kappa shape index (κ3) is 5.51. The molecule has 0 fully saturated rings. The summed E-state index contributed by atoms with van der Waals surface area (Å²) < 4.78 is 45.5. The highest BCUT2D eigenvalue weighted by atomic mass is 79.9. The van der Waals surface area contributed by atoms with Crippen molar-refractivity contribution < 1.29 is 17.5 Å². The van der Waals surface area contributed by atoms with Crippen LogP contribution in [0.2, 0.25) is 0 Å². The number of nitrogens with zero attached hydrogens (tertiary/aromatic N) is 2. The lowest BCUT2D eigenvalue weighted by Crippen LogP contribution is -2.24. The number of halogens is 2. The number of ether oxygens (including phenoxy) is 1. The second kappa shape index (κ2) is 8.94. The summed E-state index contributed by atoms with van der Waals surface area (Å²) in [5.74, 6) is 0.350. The fraction of sp³-hybridized carbons (Fsp3) is 0.333. The van der Waals surface area contributed by atoms with Gasteiger partial charge in [-0.2, -0.15) is 0 Å². The van der Waals surface area contributed by atoms with Crippen LogP contribution in [-0.2, 0) is 16.6 Å². The Kier molecular flexibility index (Phi) is 7.16.